The van der Waals surface area contributed by atoms with E-state index >= 15 is 0 Å². The van der Waals surface area contributed by atoms with Crippen LogP contribution in [0.1, 0.15) is 12.8 Å². The van der Waals surface area contributed by atoms with E-state index in [1.807, 2.05) is 0 Å². The number of hydrogen-bond donors (Lipinski definition) is 2. The van der Waals surface area contributed by atoms with Gasteiger partial charge in [0.25, 0.3) is 0 Å². The maximum Gasteiger partial charge on any atom is 0.312 e. The molecule has 8 nitrogen and oxygen atoms in total. The third-order valence-corrected chi connectivity index (χ3v) is 4.90. The van der Waals surface area contributed by atoms with Crippen LogP contribution in [0.25, 0.3) is 0 Å². The van der Waals surface area contributed by atoms with Gasteiger partial charge >= 0.3 is 5.69 Å². The van der Waals surface area contributed by atoms with Crippen molar-refractivity contribution in [3.8, 4) is 5.75 Å². The summed E-state index contributed by atoms with van der Waals surface area (Å²) in [5, 5.41) is 10.9. The van der Waals surface area contributed by atoms with E-state index < -0.39 is 20.6 Å². The van der Waals surface area contributed by atoms with Gasteiger partial charge in [-0.25, -0.2) is 13.1 Å². The molecule has 0 amide bonds. The molecule has 0 aromatic heterocycles. The standard InChI is InChI=1S/C12H17N3O5S/c1-20-12-5-4-9(6-11(12)15(16)17)21(18,19)14-10(7-13)8-2-3-8/h4-6,8,10,14H,2-3,7,13H2,1H3. The number of benzene rings is 1. The smallest absolute Gasteiger partial charge is 0.312 e. The second-order valence-electron chi connectivity index (χ2n) is 4.89. The van der Waals surface area contributed by atoms with Crippen molar-refractivity contribution in [1.82, 2.24) is 4.72 Å². The molecule has 1 atom stereocenters. The van der Waals surface area contributed by atoms with Crippen LogP contribution in [0.15, 0.2) is 23.1 Å². The predicted molar refractivity (Wildman–Crippen MR) is 75.5 cm³/mol. The molecule has 3 N–H and O–H groups in total. The Labute approximate surface area is 122 Å². The van der Waals surface area contributed by atoms with Crippen molar-refractivity contribution in [3.63, 3.8) is 0 Å². The summed E-state index contributed by atoms with van der Waals surface area (Å²) >= 11 is 0. The third kappa shape index (κ3) is 3.49. The largest absolute Gasteiger partial charge is 0.490 e. The molecule has 0 spiro atoms. The average molecular weight is 315 g/mol. The molecule has 0 aliphatic heterocycles. The number of sulfonamides is 1. The Kier molecular flexibility index (Phi) is 4.45. The molecule has 0 bridgehead atoms. The number of hydrogen-bond acceptors (Lipinski definition) is 6. The zero-order chi connectivity index (χ0) is 15.6. The molecule has 1 fully saturated rings. The van der Waals surface area contributed by atoms with Crippen molar-refractivity contribution in [2.45, 2.75) is 23.8 Å². The first kappa shape index (κ1) is 15.7. The maximum atomic E-state index is 12.3. The number of methoxy groups -OCH3 is 1. The minimum Gasteiger partial charge on any atom is -0.490 e. The molecule has 21 heavy (non-hydrogen) atoms. The third-order valence-electron chi connectivity index (χ3n) is 3.41. The lowest BCUT2D eigenvalue weighted by Crippen LogP contribution is -2.41. The first-order chi connectivity index (χ1) is 9.89. The van der Waals surface area contributed by atoms with Gasteiger partial charge in [0.05, 0.1) is 16.9 Å². The summed E-state index contributed by atoms with van der Waals surface area (Å²) in [7, 11) is -2.56. The van der Waals surface area contributed by atoms with E-state index in [0.717, 1.165) is 18.9 Å². The number of rotatable bonds is 7. The molecule has 0 heterocycles. The van der Waals surface area contributed by atoms with E-state index in [1.54, 1.807) is 0 Å². The highest BCUT2D eigenvalue weighted by Gasteiger charge is 2.34. The van der Waals surface area contributed by atoms with Crippen molar-refractivity contribution in [1.29, 1.82) is 0 Å². The van der Waals surface area contributed by atoms with Crippen LogP contribution in [-0.2, 0) is 10.0 Å². The second kappa shape index (κ2) is 5.96. The Morgan fingerprint density at radius 3 is 2.67 bits per heavy atom. The summed E-state index contributed by atoms with van der Waals surface area (Å²) < 4.78 is 31.9. The molecule has 116 valence electrons. The summed E-state index contributed by atoms with van der Waals surface area (Å²) in [5.41, 5.74) is 5.18. The fourth-order valence-electron chi connectivity index (χ4n) is 2.08. The molecule has 1 saturated carbocycles. The summed E-state index contributed by atoms with van der Waals surface area (Å²) in [6, 6.07) is 3.19. The predicted octanol–water partition coefficient (Wildman–Crippen LogP) is 0.619. The van der Waals surface area contributed by atoms with E-state index in [4.69, 9.17) is 10.5 Å². The molecular formula is C12H17N3O5S. The van der Waals surface area contributed by atoms with Crippen molar-refractivity contribution < 1.29 is 18.1 Å². The second-order valence-corrected chi connectivity index (χ2v) is 6.61. The molecule has 1 aliphatic carbocycles. The molecule has 0 saturated heterocycles. The molecule has 9 heteroatoms. The fourth-order valence-corrected chi connectivity index (χ4v) is 3.42. The lowest BCUT2D eigenvalue weighted by Gasteiger charge is -2.16. The SMILES string of the molecule is COc1ccc(S(=O)(=O)NC(CN)C2CC2)cc1[N+](=O)[O-]. The highest BCUT2D eigenvalue weighted by molar-refractivity contribution is 7.89. The topological polar surface area (TPSA) is 125 Å². The lowest BCUT2D eigenvalue weighted by atomic mass is 10.2. The van der Waals surface area contributed by atoms with E-state index in [2.05, 4.69) is 4.72 Å². The minimum atomic E-state index is -3.85. The molecular weight excluding hydrogens is 298 g/mol. The average Bonchev–Trinajstić information content (AvgIpc) is 3.28. The van der Waals surface area contributed by atoms with Gasteiger partial charge in [0, 0.05) is 18.7 Å². The summed E-state index contributed by atoms with van der Waals surface area (Å²) in [6.45, 7) is 0.197. The van der Waals surface area contributed by atoms with E-state index in [9.17, 15) is 18.5 Å². The molecule has 1 aromatic carbocycles. The van der Waals surface area contributed by atoms with Gasteiger partial charge in [-0.15, -0.1) is 0 Å². The highest BCUT2D eigenvalue weighted by Crippen LogP contribution is 2.34. The van der Waals surface area contributed by atoms with E-state index in [-0.39, 0.29) is 29.1 Å². The first-order valence-corrected chi connectivity index (χ1v) is 7.92. The van der Waals surface area contributed by atoms with Gasteiger partial charge in [-0.05, 0) is 30.9 Å². The van der Waals surface area contributed by atoms with Gasteiger partial charge < -0.3 is 10.5 Å². The van der Waals surface area contributed by atoms with Crippen LogP contribution in [0.3, 0.4) is 0 Å². The number of nitrogens with two attached hydrogens (primary N) is 1. The van der Waals surface area contributed by atoms with Crippen molar-refractivity contribution in [2.24, 2.45) is 11.7 Å². The van der Waals surface area contributed by atoms with Crippen molar-refractivity contribution in [3.05, 3.63) is 28.3 Å². The normalized spacial score (nSPS) is 16.5. The quantitative estimate of drug-likeness (QED) is 0.561. The zero-order valence-corrected chi connectivity index (χ0v) is 12.3. The Hall–Kier alpha value is -1.71. The molecule has 0 radical (unpaired) electrons. The monoisotopic (exact) mass is 315 g/mol. The Balaban J connectivity index is 2.31. The summed E-state index contributed by atoms with van der Waals surface area (Å²) in [5.74, 6) is 0.259. The lowest BCUT2D eigenvalue weighted by molar-refractivity contribution is -0.386. The molecule has 1 unspecified atom stereocenters. The van der Waals surface area contributed by atoms with Gasteiger partial charge in [0.2, 0.25) is 10.0 Å². The van der Waals surface area contributed by atoms with E-state index in [1.165, 1.54) is 19.2 Å². The van der Waals surface area contributed by atoms with Crippen LogP contribution in [0.4, 0.5) is 5.69 Å². The summed E-state index contributed by atoms with van der Waals surface area (Å²) in [6.07, 6.45) is 1.88. The Bertz CT molecular complexity index is 642. The zero-order valence-electron chi connectivity index (χ0n) is 11.5. The van der Waals surface area contributed by atoms with Gasteiger partial charge in [0.1, 0.15) is 0 Å². The van der Waals surface area contributed by atoms with Crippen LogP contribution in [0.5, 0.6) is 5.75 Å². The highest BCUT2D eigenvalue weighted by atomic mass is 32.2. The van der Waals surface area contributed by atoms with Crippen molar-refractivity contribution >= 4 is 15.7 Å². The van der Waals surface area contributed by atoms with Gasteiger partial charge in [0.15, 0.2) is 5.75 Å². The van der Waals surface area contributed by atoms with Crippen molar-refractivity contribution in [2.75, 3.05) is 13.7 Å². The van der Waals surface area contributed by atoms with Gasteiger partial charge in [-0.1, -0.05) is 0 Å². The van der Waals surface area contributed by atoms with Crippen LogP contribution in [-0.4, -0.2) is 33.0 Å². The Morgan fingerprint density at radius 1 is 1.52 bits per heavy atom. The number of nitro benzene ring substituents is 1. The van der Waals surface area contributed by atoms with Crippen LogP contribution in [0, 0.1) is 16.0 Å². The maximum absolute atomic E-state index is 12.3. The van der Waals surface area contributed by atoms with Gasteiger partial charge in [-0.3, -0.25) is 10.1 Å². The number of ether oxygens (including phenoxy) is 1. The molecule has 2 rings (SSSR count). The fraction of sp³-hybridized carbons (Fsp3) is 0.500. The number of nitrogens with one attached hydrogen (secondary N) is 1. The summed E-state index contributed by atoms with van der Waals surface area (Å²) in [4.78, 5) is 10.1. The van der Waals surface area contributed by atoms with Crippen LogP contribution < -0.4 is 15.2 Å². The minimum absolute atomic E-state index is 0.0107. The molecule has 1 aliphatic rings. The number of nitro groups is 1. The first-order valence-electron chi connectivity index (χ1n) is 6.44. The Morgan fingerprint density at radius 2 is 2.19 bits per heavy atom. The van der Waals surface area contributed by atoms with E-state index in [0.29, 0.717) is 0 Å². The van der Waals surface area contributed by atoms with Crippen LogP contribution >= 0.6 is 0 Å². The number of nitrogens with zero attached hydrogens (tertiary/aromatic N) is 1. The van der Waals surface area contributed by atoms with Crippen LogP contribution in [0.2, 0.25) is 0 Å². The molecule has 1 aromatic rings. The van der Waals surface area contributed by atoms with Gasteiger partial charge in [-0.2, -0.15) is 0 Å².